The highest BCUT2D eigenvalue weighted by atomic mass is 35.5. The fourth-order valence-corrected chi connectivity index (χ4v) is 8.61. The predicted molar refractivity (Wildman–Crippen MR) is 194 cm³/mol. The first kappa shape index (κ1) is 33.8. The van der Waals surface area contributed by atoms with Gasteiger partial charge in [0.15, 0.2) is 0 Å². The Morgan fingerprint density at radius 2 is 1.82 bits per heavy atom. The fourth-order valence-electron chi connectivity index (χ4n) is 8.33. The van der Waals surface area contributed by atoms with Crippen LogP contribution in [0.15, 0.2) is 36.4 Å². The van der Waals surface area contributed by atoms with Crippen molar-refractivity contribution in [2.45, 2.75) is 70.5 Å². The monoisotopic (exact) mass is 684 g/mol. The van der Waals surface area contributed by atoms with Gasteiger partial charge in [-0.2, -0.15) is 15.2 Å². The first-order chi connectivity index (χ1) is 23.9. The second-order valence-electron chi connectivity index (χ2n) is 14.4. The van der Waals surface area contributed by atoms with E-state index in [1.165, 1.54) is 25.7 Å². The van der Waals surface area contributed by atoms with Crippen molar-refractivity contribution in [2.24, 2.45) is 5.92 Å². The maximum atomic E-state index is 13.8. The molecule has 0 bridgehead atoms. The van der Waals surface area contributed by atoms with Gasteiger partial charge >= 0.3 is 6.01 Å². The molecule has 49 heavy (non-hydrogen) atoms. The zero-order chi connectivity index (χ0) is 33.9. The number of nitriles is 1. The number of rotatable bonds is 9. The van der Waals surface area contributed by atoms with Crippen LogP contribution in [0.3, 0.4) is 0 Å². The molecule has 3 aromatic rings. The number of nitrogens with zero attached hydrogens (tertiary/aromatic N) is 8. The van der Waals surface area contributed by atoms with Crippen molar-refractivity contribution >= 4 is 39.8 Å². The molecule has 3 saturated heterocycles. The third kappa shape index (κ3) is 7.30. The van der Waals surface area contributed by atoms with E-state index in [0.717, 1.165) is 84.1 Å². The minimum absolute atomic E-state index is 0.0973. The lowest BCUT2D eigenvalue weighted by Gasteiger charge is -2.43. The highest BCUT2D eigenvalue weighted by Gasteiger charge is 2.36. The number of benzene rings is 2. The van der Waals surface area contributed by atoms with E-state index in [-0.39, 0.29) is 17.9 Å². The number of halogens is 1. The molecule has 4 aliphatic heterocycles. The number of likely N-dealkylation sites (N-methyl/N-ethyl adjacent to an activating group) is 1. The van der Waals surface area contributed by atoms with Crippen molar-refractivity contribution in [2.75, 3.05) is 75.8 Å². The van der Waals surface area contributed by atoms with Gasteiger partial charge < -0.3 is 29.2 Å². The molecule has 0 N–H and O–H groups in total. The van der Waals surface area contributed by atoms with Crippen molar-refractivity contribution < 1.29 is 9.53 Å². The molecule has 3 fully saturated rings. The third-order valence-corrected chi connectivity index (χ3v) is 11.4. The second kappa shape index (κ2) is 15.1. The number of aromatic nitrogens is 2. The van der Waals surface area contributed by atoms with E-state index in [1.807, 2.05) is 24.0 Å². The molecule has 10 nitrogen and oxygen atoms in total. The maximum Gasteiger partial charge on any atom is 0.318 e. The van der Waals surface area contributed by atoms with E-state index in [2.05, 4.69) is 57.0 Å². The minimum atomic E-state index is -0.199. The van der Waals surface area contributed by atoms with Crippen molar-refractivity contribution in [1.29, 1.82) is 5.26 Å². The zero-order valence-corrected chi connectivity index (χ0v) is 29.7. The molecule has 2 aromatic carbocycles. The Morgan fingerprint density at radius 3 is 2.59 bits per heavy atom. The number of likely N-dealkylation sites (tertiary alicyclic amines) is 2. The minimum Gasteiger partial charge on any atom is -0.462 e. The van der Waals surface area contributed by atoms with E-state index in [0.29, 0.717) is 51.3 Å². The molecule has 0 spiro atoms. The van der Waals surface area contributed by atoms with Gasteiger partial charge in [0.25, 0.3) is 0 Å². The fraction of sp³-hybridized carbons (Fsp3) is 0.579. The number of fused-ring (bicyclic) bond motifs is 2. The molecule has 7 rings (SSSR count). The SMILES string of the molecule is CC(CN1CCCCC1)C(=O)N1CCN(c2nc(OC[C@@H]3CCCN3C)nc3c2CCN(c2cccc4cccc(Cl)c24)C3)C[C@@H]1CC#N. The van der Waals surface area contributed by atoms with Gasteiger partial charge in [0.05, 0.1) is 35.8 Å². The lowest BCUT2D eigenvalue weighted by Crippen LogP contribution is -2.57. The van der Waals surface area contributed by atoms with Crippen molar-refractivity contribution in [3.63, 3.8) is 0 Å². The van der Waals surface area contributed by atoms with Crippen LogP contribution in [-0.4, -0.2) is 109 Å². The summed E-state index contributed by atoms with van der Waals surface area (Å²) in [4.78, 5) is 35.3. The molecule has 0 saturated carbocycles. The Kier molecular flexibility index (Phi) is 10.4. The second-order valence-corrected chi connectivity index (χ2v) is 14.8. The molecule has 1 unspecified atom stereocenters. The first-order valence-electron chi connectivity index (χ1n) is 18.2. The number of carbonyl (C=O) groups excluding carboxylic acids is 1. The Labute approximate surface area is 295 Å². The quantitative estimate of drug-likeness (QED) is 0.295. The number of anilines is 2. The van der Waals surface area contributed by atoms with E-state index < -0.39 is 0 Å². The summed E-state index contributed by atoms with van der Waals surface area (Å²) in [6.45, 7) is 9.79. The summed E-state index contributed by atoms with van der Waals surface area (Å²) >= 11 is 6.75. The van der Waals surface area contributed by atoms with Crippen LogP contribution in [-0.2, 0) is 17.8 Å². The summed E-state index contributed by atoms with van der Waals surface area (Å²) in [5.74, 6) is 0.941. The average Bonchev–Trinajstić information content (AvgIpc) is 3.54. The molecule has 5 heterocycles. The molecule has 260 valence electrons. The summed E-state index contributed by atoms with van der Waals surface area (Å²) in [5.41, 5.74) is 3.19. The number of amides is 1. The topological polar surface area (TPSA) is 92.1 Å². The van der Waals surface area contributed by atoms with Crippen LogP contribution in [0.2, 0.25) is 5.02 Å². The predicted octanol–water partition coefficient (Wildman–Crippen LogP) is 5.37. The molecule has 1 amide bonds. The third-order valence-electron chi connectivity index (χ3n) is 11.1. The number of piperazine rings is 1. The van der Waals surface area contributed by atoms with Crippen LogP contribution in [0.5, 0.6) is 6.01 Å². The summed E-state index contributed by atoms with van der Waals surface area (Å²) in [6, 6.07) is 15.3. The number of hydrogen-bond donors (Lipinski definition) is 0. The van der Waals surface area contributed by atoms with Crippen molar-refractivity contribution in [3.8, 4) is 12.1 Å². The van der Waals surface area contributed by atoms with Gasteiger partial charge in [-0.25, -0.2) is 0 Å². The summed E-state index contributed by atoms with van der Waals surface area (Å²) in [6.07, 6.45) is 7.02. The van der Waals surface area contributed by atoms with E-state index in [9.17, 15) is 10.1 Å². The first-order valence-corrected chi connectivity index (χ1v) is 18.6. The van der Waals surface area contributed by atoms with Gasteiger partial charge in [0, 0.05) is 61.3 Å². The van der Waals surface area contributed by atoms with Gasteiger partial charge in [-0.15, -0.1) is 0 Å². The standard InChI is InChI=1S/C38H49ClN8O2/c1-27(23-44-18-4-3-5-19-44)37(48)47-22-21-46(24-29(47)14-16-40)36-31-15-20-45(34-13-7-10-28-9-6-12-32(39)35(28)34)25-33(31)41-38(42-36)49-26-30-11-8-17-43(30)2/h6-7,9-10,12-13,27,29-30H,3-5,8,11,14-15,17-26H2,1-2H3/t27?,29-,30-/m0/s1. The van der Waals surface area contributed by atoms with Crippen LogP contribution in [0.1, 0.15) is 56.7 Å². The molecule has 1 aromatic heterocycles. The summed E-state index contributed by atoms with van der Waals surface area (Å²) in [7, 11) is 2.15. The smallest absolute Gasteiger partial charge is 0.318 e. The lowest BCUT2D eigenvalue weighted by molar-refractivity contribution is -0.138. The van der Waals surface area contributed by atoms with Crippen LogP contribution in [0.25, 0.3) is 10.8 Å². The highest BCUT2D eigenvalue weighted by Crippen LogP contribution is 2.37. The van der Waals surface area contributed by atoms with Gasteiger partial charge in [0.1, 0.15) is 12.4 Å². The summed E-state index contributed by atoms with van der Waals surface area (Å²) in [5, 5.41) is 12.8. The Hall–Kier alpha value is -3.65. The van der Waals surface area contributed by atoms with E-state index >= 15 is 0 Å². The Balaban J connectivity index is 1.15. The van der Waals surface area contributed by atoms with Gasteiger partial charge in [-0.05, 0) is 76.3 Å². The van der Waals surface area contributed by atoms with Crippen LogP contribution in [0.4, 0.5) is 11.5 Å². The maximum absolute atomic E-state index is 13.8. The molecule has 3 atom stereocenters. The molecular weight excluding hydrogens is 636 g/mol. The summed E-state index contributed by atoms with van der Waals surface area (Å²) < 4.78 is 6.37. The van der Waals surface area contributed by atoms with Crippen LogP contribution < -0.4 is 14.5 Å². The normalized spacial score (nSPS) is 22.6. The molecular formula is C38H49ClN8O2. The zero-order valence-electron chi connectivity index (χ0n) is 29.0. The number of hydrogen-bond acceptors (Lipinski definition) is 9. The van der Waals surface area contributed by atoms with E-state index in [1.54, 1.807) is 0 Å². The Bertz CT molecular complexity index is 1680. The highest BCUT2D eigenvalue weighted by molar-refractivity contribution is 6.36. The molecule has 4 aliphatic rings. The van der Waals surface area contributed by atoms with Crippen molar-refractivity contribution in [3.05, 3.63) is 52.7 Å². The van der Waals surface area contributed by atoms with Gasteiger partial charge in [-0.1, -0.05) is 49.2 Å². The van der Waals surface area contributed by atoms with Gasteiger partial charge in [0.2, 0.25) is 5.91 Å². The molecule has 0 aliphatic carbocycles. The van der Waals surface area contributed by atoms with Crippen molar-refractivity contribution in [1.82, 2.24) is 24.7 Å². The van der Waals surface area contributed by atoms with Gasteiger partial charge in [-0.3, -0.25) is 4.79 Å². The average molecular weight is 685 g/mol. The van der Waals surface area contributed by atoms with E-state index in [4.69, 9.17) is 26.3 Å². The van der Waals surface area contributed by atoms with Crippen LogP contribution >= 0.6 is 11.6 Å². The number of ether oxygens (including phenoxy) is 1. The van der Waals surface area contributed by atoms with Crippen LogP contribution in [0, 0.1) is 17.2 Å². The number of carbonyl (C=O) groups is 1. The molecule has 11 heteroatoms. The Morgan fingerprint density at radius 1 is 1.00 bits per heavy atom. The lowest BCUT2D eigenvalue weighted by atomic mass is 10.00. The largest absolute Gasteiger partial charge is 0.462 e. The molecule has 0 radical (unpaired) electrons. The number of piperidine rings is 1.